The Morgan fingerprint density at radius 2 is 1.56 bits per heavy atom. The van der Waals surface area contributed by atoms with Crippen LogP contribution in [0.1, 0.15) is 14.9 Å². The third-order valence-corrected chi connectivity index (χ3v) is 7.54. The molecule has 190 valence electrons. The van der Waals surface area contributed by atoms with Crippen LogP contribution >= 0.6 is 46.0 Å². The molecular weight excluding hydrogens is 556 g/mol. The molecule has 13 heteroatoms. The highest BCUT2D eigenvalue weighted by molar-refractivity contribution is 7.98. The van der Waals surface area contributed by atoms with E-state index in [0.29, 0.717) is 21.8 Å². The fraction of sp³-hybridized carbons (Fsp3) is 0.174. The molecule has 0 spiro atoms. The van der Waals surface area contributed by atoms with Gasteiger partial charge in [-0.2, -0.15) is 10.1 Å². The maximum Gasteiger partial charge on any atom is 0.249 e. The second-order valence-corrected chi connectivity index (χ2v) is 11.6. The SMILES string of the molecule is C.C.CS(=O)(=O)c1nc(-c2cccs2)cc(-n2cccn2)n1.CSc1nc(Cl)cc(-c2cccs2)n1. The van der Waals surface area contributed by atoms with Crippen molar-refractivity contribution >= 4 is 55.9 Å². The number of rotatable bonds is 5. The van der Waals surface area contributed by atoms with Crippen molar-refractivity contribution in [2.45, 2.75) is 25.2 Å². The minimum Gasteiger partial charge on any atom is -0.223 e. The van der Waals surface area contributed by atoms with Gasteiger partial charge in [0.15, 0.2) is 11.0 Å². The van der Waals surface area contributed by atoms with Crippen molar-refractivity contribution in [2.24, 2.45) is 0 Å². The van der Waals surface area contributed by atoms with E-state index in [2.05, 4.69) is 25.0 Å². The Balaban J connectivity index is 0.000000254. The fourth-order valence-electron chi connectivity index (χ4n) is 2.69. The van der Waals surface area contributed by atoms with E-state index in [1.807, 2.05) is 41.3 Å². The molecule has 5 aromatic heterocycles. The number of thioether (sulfide) groups is 1. The Labute approximate surface area is 228 Å². The second kappa shape index (κ2) is 13.1. The summed E-state index contributed by atoms with van der Waals surface area (Å²) in [4.78, 5) is 18.6. The van der Waals surface area contributed by atoms with Crippen LogP contribution in [0.15, 0.2) is 75.9 Å². The molecule has 0 radical (unpaired) electrons. The van der Waals surface area contributed by atoms with Crippen molar-refractivity contribution in [3.63, 3.8) is 0 Å². The number of halogens is 1. The molecule has 8 nitrogen and oxygen atoms in total. The molecule has 0 saturated heterocycles. The highest BCUT2D eigenvalue weighted by atomic mass is 35.5. The maximum atomic E-state index is 11.7. The van der Waals surface area contributed by atoms with Crippen LogP contribution < -0.4 is 0 Å². The average molecular weight is 581 g/mol. The summed E-state index contributed by atoms with van der Waals surface area (Å²) in [5.41, 5.74) is 1.46. The minimum absolute atomic E-state index is 0. The van der Waals surface area contributed by atoms with Crippen molar-refractivity contribution < 1.29 is 8.42 Å². The third kappa shape index (κ3) is 7.43. The van der Waals surface area contributed by atoms with Crippen molar-refractivity contribution in [3.8, 4) is 27.0 Å². The van der Waals surface area contributed by atoms with E-state index in [1.54, 1.807) is 41.9 Å². The molecule has 0 fully saturated rings. The number of thiophene rings is 2. The predicted molar refractivity (Wildman–Crippen MR) is 151 cm³/mol. The normalized spacial score (nSPS) is 10.5. The van der Waals surface area contributed by atoms with Gasteiger partial charge in [-0.05, 0) is 35.2 Å². The van der Waals surface area contributed by atoms with E-state index < -0.39 is 9.84 Å². The van der Waals surface area contributed by atoms with Crippen LogP contribution in [0, 0.1) is 0 Å². The first-order chi connectivity index (χ1) is 16.3. The molecule has 0 aliphatic heterocycles. The zero-order valence-electron chi connectivity index (χ0n) is 17.9. The van der Waals surface area contributed by atoms with Crippen LogP contribution in [0.25, 0.3) is 27.0 Å². The molecule has 0 aromatic carbocycles. The van der Waals surface area contributed by atoms with Crippen LogP contribution in [0.5, 0.6) is 0 Å². The summed E-state index contributed by atoms with van der Waals surface area (Å²) in [5.74, 6) is 0.425. The smallest absolute Gasteiger partial charge is 0.223 e. The summed E-state index contributed by atoms with van der Waals surface area (Å²) >= 11 is 10.5. The topological polar surface area (TPSA) is 104 Å². The Hall–Kier alpha value is -2.64. The number of sulfone groups is 1. The summed E-state index contributed by atoms with van der Waals surface area (Å²) in [6.07, 6.45) is 6.33. The number of nitrogens with zero attached hydrogens (tertiary/aromatic N) is 6. The fourth-order valence-corrected chi connectivity index (χ4v) is 5.20. The zero-order valence-corrected chi connectivity index (χ0v) is 21.9. The second-order valence-electron chi connectivity index (χ2n) is 6.63. The van der Waals surface area contributed by atoms with Gasteiger partial charge in [0, 0.05) is 30.8 Å². The monoisotopic (exact) mass is 580 g/mol. The van der Waals surface area contributed by atoms with Gasteiger partial charge in [0.2, 0.25) is 15.0 Å². The van der Waals surface area contributed by atoms with Crippen molar-refractivity contribution in [3.05, 3.63) is 70.8 Å². The molecule has 0 amide bonds. The minimum atomic E-state index is -3.49. The first kappa shape index (κ1) is 29.6. The van der Waals surface area contributed by atoms with Crippen LogP contribution in [-0.4, -0.2) is 50.6 Å². The van der Waals surface area contributed by atoms with Gasteiger partial charge in [0.05, 0.1) is 21.1 Å². The van der Waals surface area contributed by atoms with Gasteiger partial charge in [-0.1, -0.05) is 50.3 Å². The highest BCUT2D eigenvalue weighted by Gasteiger charge is 2.16. The molecule has 36 heavy (non-hydrogen) atoms. The summed E-state index contributed by atoms with van der Waals surface area (Å²) in [6.45, 7) is 0. The lowest BCUT2D eigenvalue weighted by atomic mass is 10.3. The van der Waals surface area contributed by atoms with Crippen molar-refractivity contribution in [2.75, 3.05) is 12.5 Å². The number of hydrogen-bond donors (Lipinski definition) is 0. The van der Waals surface area contributed by atoms with Crippen molar-refractivity contribution in [1.29, 1.82) is 0 Å². The van der Waals surface area contributed by atoms with Gasteiger partial charge in [-0.15, -0.1) is 22.7 Å². The lowest BCUT2D eigenvalue weighted by Gasteiger charge is -2.06. The lowest BCUT2D eigenvalue weighted by Crippen LogP contribution is -2.09. The molecule has 0 atom stereocenters. The van der Waals surface area contributed by atoms with E-state index in [1.165, 1.54) is 27.8 Å². The Morgan fingerprint density at radius 3 is 2.06 bits per heavy atom. The molecule has 0 bridgehead atoms. The number of aromatic nitrogens is 6. The Kier molecular flexibility index (Phi) is 10.7. The molecule has 5 rings (SSSR count). The van der Waals surface area contributed by atoms with Gasteiger partial charge in [0.1, 0.15) is 5.15 Å². The standard InChI is InChI=1S/C12H10N4O2S2.C9H7ClN2S2.2CH4/c1-20(17,18)12-14-9(10-4-2-7-19-10)8-11(15-12)16-6-3-5-13-16;1-13-9-11-6(5-8(10)12-9)7-3-2-4-14-7;;/h2-8H,1H3;2-5H,1H3;2*1H4. The van der Waals surface area contributed by atoms with E-state index in [-0.39, 0.29) is 20.0 Å². The van der Waals surface area contributed by atoms with E-state index >= 15 is 0 Å². The van der Waals surface area contributed by atoms with Crippen LogP contribution in [0.3, 0.4) is 0 Å². The quantitative estimate of drug-likeness (QED) is 0.129. The summed E-state index contributed by atoms with van der Waals surface area (Å²) in [6, 6.07) is 13.0. The average Bonchev–Trinajstić information content (AvgIpc) is 3.61. The Morgan fingerprint density at radius 1 is 0.917 bits per heavy atom. The molecular formula is C23H25ClN6O2S4. The molecule has 0 saturated carbocycles. The van der Waals surface area contributed by atoms with E-state index in [0.717, 1.165) is 21.7 Å². The van der Waals surface area contributed by atoms with E-state index in [9.17, 15) is 8.42 Å². The molecule has 0 aliphatic carbocycles. The Bertz CT molecular complexity index is 1420. The highest BCUT2D eigenvalue weighted by Crippen LogP contribution is 2.27. The predicted octanol–water partition coefficient (Wildman–Crippen LogP) is 6.65. The summed E-state index contributed by atoms with van der Waals surface area (Å²) < 4.78 is 25.0. The van der Waals surface area contributed by atoms with Crippen LogP contribution in [0.4, 0.5) is 0 Å². The van der Waals surface area contributed by atoms with E-state index in [4.69, 9.17) is 11.6 Å². The van der Waals surface area contributed by atoms with Gasteiger partial charge in [-0.3, -0.25) is 0 Å². The van der Waals surface area contributed by atoms with Crippen LogP contribution in [-0.2, 0) is 9.84 Å². The molecule has 0 unspecified atom stereocenters. The first-order valence-electron chi connectivity index (χ1n) is 9.59. The maximum absolute atomic E-state index is 11.7. The zero-order chi connectivity index (χ0) is 24.1. The van der Waals surface area contributed by atoms with Gasteiger partial charge < -0.3 is 0 Å². The molecule has 5 heterocycles. The molecule has 0 aliphatic rings. The van der Waals surface area contributed by atoms with Gasteiger partial charge in [0.25, 0.3) is 0 Å². The third-order valence-electron chi connectivity index (χ3n) is 4.17. The largest absolute Gasteiger partial charge is 0.249 e. The van der Waals surface area contributed by atoms with Crippen LogP contribution in [0.2, 0.25) is 5.15 Å². The molecule has 0 N–H and O–H groups in total. The molecule has 5 aromatic rings. The van der Waals surface area contributed by atoms with Crippen molar-refractivity contribution in [1.82, 2.24) is 29.7 Å². The van der Waals surface area contributed by atoms with Gasteiger partial charge in [-0.25, -0.2) is 28.1 Å². The summed E-state index contributed by atoms with van der Waals surface area (Å²) in [5, 5.41) is 9.00. The van der Waals surface area contributed by atoms with Gasteiger partial charge >= 0.3 is 0 Å². The lowest BCUT2D eigenvalue weighted by molar-refractivity contribution is 0.592. The number of hydrogen-bond acceptors (Lipinski definition) is 10. The first-order valence-corrected chi connectivity index (χ1v) is 14.8. The summed E-state index contributed by atoms with van der Waals surface area (Å²) in [7, 11) is -3.49.